The molecular weight excluding hydrogens is 312 g/mol. The van der Waals surface area contributed by atoms with Crippen molar-refractivity contribution in [1.82, 2.24) is 10.6 Å². The minimum absolute atomic E-state index is 0.0196. The third kappa shape index (κ3) is 4.47. The average Bonchev–Trinajstić information content (AvgIpc) is 2.59. The molecule has 2 aromatic carbocycles. The Morgan fingerprint density at radius 1 is 1.09 bits per heavy atom. The summed E-state index contributed by atoms with van der Waals surface area (Å²) in [6, 6.07) is 15.5. The zero-order valence-corrected chi connectivity index (χ0v) is 13.5. The number of carbonyl (C=O) groups is 1. The first-order valence-corrected chi connectivity index (χ1v) is 8.03. The molecule has 1 aliphatic rings. The molecule has 2 amide bonds. The third-order valence-corrected chi connectivity index (χ3v) is 4.15. The van der Waals surface area contributed by atoms with Gasteiger partial charge in [0.1, 0.15) is 0 Å². The number of urea groups is 1. The summed E-state index contributed by atoms with van der Waals surface area (Å²) in [5.74, 6) is 0. The summed E-state index contributed by atoms with van der Waals surface area (Å²) in [5, 5.41) is 6.38. The van der Waals surface area contributed by atoms with Gasteiger partial charge < -0.3 is 15.4 Å². The van der Waals surface area contributed by atoms with Gasteiger partial charge in [-0.3, -0.25) is 0 Å². The number of nitrogens with one attached hydrogen (secondary N) is 2. The minimum Gasteiger partial charge on any atom is -0.371 e. The number of rotatable bonds is 4. The van der Waals surface area contributed by atoms with Crippen LogP contribution in [-0.2, 0) is 24.3 Å². The van der Waals surface area contributed by atoms with Crippen molar-refractivity contribution >= 4 is 17.6 Å². The highest BCUT2D eigenvalue weighted by molar-refractivity contribution is 6.30. The molecule has 3 rings (SSSR count). The number of hydrogen-bond acceptors (Lipinski definition) is 2. The molecule has 0 radical (unpaired) electrons. The Morgan fingerprint density at radius 3 is 2.61 bits per heavy atom. The van der Waals surface area contributed by atoms with Crippen LogP contribution < -0.4 is 10.6 Å². The molecule has 2 N–H and O–H groups in total. The third-order valence-electron chi connectivity index (χ3n) is 3.90. The molecule has 4 nitrogen and oxygen atoms in total. The van der Waals surface area contributed by atoms with E-state index in [0.29, 0.717) is 24.7 Å². The van der Waals surface area contributed by atoms with Crippen LogP contribution in [-0.4, -0.2) is 18.7 Å². The van der Waals surface area contributed by atoms with Gasteiger partial charge in [0.05, 0.1) is 12.7 Å². The van der Waals surface area contributed by atoms with Gasteiger partial charge in [0, 0.05) is 24.5 Å². The Hall–Kier alpha value is -2.04. The van der Waals surface area contributed by atoms with E-state index in [1.54, 1.807) is 0 Å². The highest BCUT2D eigenvalue weighted by Crippen LogP contribution is 2.19. The molecular formula is C18H19ClN2O2. The Labute approximate surface area is 140 Å². The van der Waals surface area contributed by atoms with Crippen LogP contribution in [0.15, 0.2) is 48.5 Å². The number of fused-ring (bicyclic) bond motifs is 1. The summed E-state index contributed by atoms with van der Waals surface area (Å²) in [7, 11) is 0. The molecule has 0 fully saturated rings. The molecule has 1 atom stereocenters. The molecule has 2 aromatic rings. The lowest BCUT2D eigenvalue weighted by molar-refractivity contribution is 0.0305. The van der Waals surface area contributed by atoms with E-state index in [-0.39, 0.29) is 12.1 Å². The number of hydrogen-bond donors (Lipinski definition) is 2. The summed E-state index contributed by atoms with van der Waals surface area (Å²) < 4.78 is 5.77. The first-order chi connectivity index (χ1) is 11.2. The lowest BCUT2D eigenvalue weighted by Crippen LogP contribution is -2.41. The number of carbonyl (C=O) groups excluding carboxylic acids is 1. The highest BCUT2D eigenvalue weighted by atomic mass is 35.5. The van der Waals surface area contributed by atoms with Crippen LogP contribution in [0.3, 0.4) is 0 Å². The van der Waals surface area contributed by atoms with E-state index >= 15 is 0 Å². The molecule has 0 saturated carbocycles. The predicted octanol–water partition coefficient (Wildman–Crippen LogP) is 3.28. The van der Waals surface area contributed by atoms with Crippen LogP contribution in [0.2, 0.25) is 5.02 Å². The maximum absolute atomic E-state index is 11.9. The lowest BCUT2D eigenvalue weighted by Gasteiger charge is -2.25. The lowest BCUT2D eigenvalue weighted by atomic mass is 9.99. The van der Waals surface area contributed by atoms with E-state index in [2.05, 4.69) is 22.8 Å². The maximum Gasteiger partial charge on any atom is 0.315 e. The minimum atomic E-state index is -0.192. The zero-order valence-electron chi connectivity index (χ0n) is 12.7. The first-order valence-electron chi connectivity index (χ1n) is 7.65. The van der Waals surface area contributed by atoms with Crippen LogP contribution >= 0.6 is 11.6 Å². The van der Waals surface area contributed by atoms with Gasteiger partial charge in [-0.2, -0.15) is 0 Å². The average molecular weight is 331 g/mol. The van der Waals surface area contributed by atoms with E-state index in [9.17, 15) is 4.79 Å². The van der Waals surface area contributed by atoms with Gasteiger partial charge in [-0.25, -0.2) is 4.79 Å². The molecule has 5 heteroatoms. The fourth-order valence-corrected chi connectivity index (χ4v) is 2.72. The molecule has 23 heavy (non-hydrogen) atoms. The molecule has 0 aliphatic carbocycles. The van der Waals surface area contributed by atoms with Gasteiger partial charge in [0.2, 0.25) is 0 Å². The largest absolute Gasteiger partial charge is 0.371 e. The van der Waals surface area contributed by atoms with Gasteiger partial charge in [0.15, 0.2) is 0 Å². The number of halogens is 1. The predicted molar refractivity (Wildman–Crippen MR) is 90.4 cm³/mol. The molecule has 1 unspecified atom stereocenters. The van der Waals surface area contributed by atoms with E-state index in [4.69, 9.17) is 16.3 Å². The van der Waals surface area contributed by atoms with Crippen molar-refractivity contribution in [2.45, 2.75) is 25.7 Å². The Bertz CT molecular complexity index is 673. The number of ether oxygens (including phenoxy) is 1. The summed E-state index contributed by atoms with van der Waals surface area (Å²) in [6.07, 6.45) is 0.847. The van der Waals surface area contributed by atoms with E-state index in [1.165, 1.54) is 11.1 Å². The van der Waals surface area contributed by atoms with Crippen LogP contribution in [0.4, 0.5) is 4.79 Å². The van der Waals surface area contributed by atoms with Gasteiger partial charge in [-0.05, 0) is 28.8 Å². The van der Waals surface area contributed by atoms with Gasteiger partial charge >= 0.3 is 6.03 Å². The summed E-state index contributed by atoms with van der Waals surface area (Å²) in [4.78, 5) is 11.9. The Balaban J connectivity index is 1.42. The second-order valence-electron chi connectivity index (χ2n) is 5.60. The monoisotopic (exact) mass is 330 g/mol. The fraction of sp³-hybridized carbons (Fsp3) is 0.278. The topological polar surface area (TPSA) is 50.4 Å². The fourth-order valence-electron chi connectivity index (χ4n) is 2.59. The zero-order chi connectivity index (χ0) is 16.1. The van der Waals surface area contributed by atoms with Gasteiger partial charge in [-0.15, -0.1) is 0 Å². The molecule has 0 spiro atoms. The van der Waals surface area contributed by atoms with Crippen molar-refractivity contribution in [3.8, 4) is 0 Å². The smallest absolute Gasteiger partial charge is 0.315 e. The standard InChI is InChI=1S/C18H19ClN2O2/c19-16-7-5-13(6-8-16)10-20-18(22)21-11-17-9-14-3-1-2-4-15(14)12-23-17/h1-8,17H,9-12H2,(H2,20,21,22). The number of amides is 2. The summed E-state index contributed by atoms with van der Waals surface area (Å²) in [5.41, 5.74) is 3.54. The second kappa shape index (κ2) is 7.49. The Kier molecular flexibility index (Phi) is 5.16. The highest BCUT2D eigenvalue weighted by Gasteiger charge is 2.19. The first kappa shape index (κ1) is 15.8. The molecule has 120 valence electrons. The number of benzene rings is 2. The van der Waals surface area contributed by atoms with Crippen LogP contribution in [0.25, 0.3) is 0 Å². The van der Waals surface area contributed by atoms with E-state index in [1.807, 2.05) is 36.4 Å². The molecule has 1 heterocycles. The van der Waals surface area contributed by atoms with Crippen LogP contribution in [0.5, 0.6) is 0 Å². The molecule has 0 bridgehead atoms. The molecule has 0 aromatic heterocycles. The molecule has 1 aliphatic heterocycles. The Morgan fingerprint density at radius 2 is 1.83 bits per heavy atom. The quantitative estimate of drug-likeness (QED) is 0.904. The maximum atomic E-state index is 11.9. The van der Waals surface area contributed by atoms with Crippen molar-refractivity contribution in [2.75, 3.05) is 6.54 Å². The van der Waals surface area contributed by atoms with Gasteiger partial charge in [0.25, 0.3) is 0 Å². The summed E-state index contributed by atoms with van der Waals surface area (Å²) >= 11 is 5.83. The SMILES string of the molecule is O=C(NCc1ccc(Cl)cc1)NCC1Cc2ccccc2CO1. The normalized spacial score (nSPS) is 16.5. The van der Waals surface area contributed by atoms with Crippen LogP contribution in [0, 0.1) is 0 Å². The summed E-state index contributed by atoms with van der Waals surface area (Å²) in [6.45, 7) is 1.58. The van der Waals surface area contributed by atoms with Crippen molar-refractivity contribution in [3.63, 3.8) is 0 Å². The molecule has 0 saturated heterocycles. The second-order valence-corrected chi connectivity index (χ2v) is 6.03. The van der Waals surface area contributed by atoms with Crippen molar-refractivity contribution in [2.24, 2.45) is 0 Å². The van der Waals surface area contributed by atoms with E-state index in [0.717, 1.165) is 12.0 Å². The van der Waals surface area contributed by atoms with E-state index < -0.39 is 0 Å². The van der Waals surface area contributed by atoms with Crippen molar-refractivity contribution in [3.05, 3.63) is 70.2 Å². The van der Waals surface area contributed by atoms with Gasteiger partial charge in [-0.1, -0.05) is 48.0 Å². The van der Waals surface area contributed by atoms with Crippen LogP contribution in [0.1, 0.15) is 16.7 Å². The van der Waals surface area contributed by atoms with Crippen molar-refractivity contribution in [1.29, 1.82) is 0 Å². The van der Waals surface area contributed by atoms with Crippen molar-refractivity contribution < 1.29 is 9.53 Å².